The molecule has 4 nitrogen and oxygen atoms in total. The van der Waals surface area contributed by atoms with Crippen LogP contribution in [0.2, 0.25) is 0 Å². The van der Waals surface area contributed by atoms with Crippen molar-refractivity contribution in [1.82, 2.24) is 5.32 Å². The fourth-order valence-electron chi connectivity index (χ4n) is 2.29. The number of halogens is 1. The molecule has 0 fully saturated rings. The van der Waals surface area contributed by atoms with Crippen LogP contribution in [0.15, 0.2) is 46.9 Å². The number of carbonyl (C=O) groups is 1. The molecule has 0 atom stereocenters. The Bertz CT molecular complexity index is 687. The lowest BCUT2D eigenvalue weighted by Crippen LogP contribution is -2.22. The molecule has 0 saturated carbocycles. The van der Waals surface area contributed by atoms with Crippen LogP contribution in [0.3, 0.4) is 0 Å². The zero-order chi connectivity index (χ0) is 15.4. The molecule has 1 heterocycles. The Morgan fingerprint density at radius 3 is 2.82 bits per heavy atom. The highest BCUT2D eigenvalue weighted by Crippen LogP contribution is 2.32. The normalized spacial score (nSPS) is 12.2. The van der Waals surface area contributed by atoms with Crippen molar-refractivity contribution < 1.29 is 14.3 Å². The number of aryl methyl sites for hydroxylation is 1. The molecule has 0 spiro atoms. The van der Waals surface area contributed by atoms with Gasteiger partial charge in [-0.1, -0.05) is 34.1 Å². The molecule has 2 aromatic carbocycles. The van der Waals surface area contributed by atoms with Gasteiger partial charge in [0.05, 0.1) is 0 Å². The fraction of sp³-hybridized carbons (Fsp3) is 0.235. The van der Waals surface area contributed by atoms with Gasteiger partial charge in [-0.2, -0.15) is 0 Å². The zero-order valence-electron chi connectivity index (χ0n) is 12.0. The second kappa shape index (κ2) is 6.83. The molecule has 1 aliphatic heterocycles. The number of benzene rings is 2. The van der Waals surface area contributed by atoms with Crippen LogP contribution in [0.4, 0.5) is 0 Å². The Morgan fingerprint density at radius 1 is 1.09 bits per heavy atom. The third kappa shape index (κ3) is 3.80. The SMILES string of the molecule is O=C(CCc1cccc(Br)c1)NCc1ccc2c(c1)OCO2. The van der Waals surface area contributed by atoms with Crippen LogP contribution in [-0.2, 0) is 17.8 Å². The van der Waals surface area contributed by atoms with Crippen molar-refractivity contribution in [2.75, 3.05) is 6.79 Å². The standard InChI is InChI=1S/C17H16BrNO3/c18-14-3-1-2-12(8-14)5-7-17(20)19-10-13-4-6-15-16(9-13)22-11-21-15/h1-4,6,8-9H,5,7,10-11H2,(H,19,20). The molecule has 0 unspecified atom stereocenters. The van der Waals surface area contributed by atoms with Gasteiger partial charge in [0.1, 0.15) is 0 Å². The summed E-state index contributed by atoms with van der Waals surface area (Å²) in [5.74, 6) is 1.53. The number of carbonyl (C=O) groups excluding carboxylic acids is 1. The van der Waals surface area contributed by atoms with E-state index in [1.165, 1.54) is 0 Å². The number of ether oxygens (including phenoxy) is 2. The van der Waals surface area contributed by atoms with E-state index in [1.807, 2.05) is 42.5 Å². The fourth-order valence-corrected chi connectivity index (χ4v) is 2.74. The predicted octanol–water partition coefficient (Wildman–Crippen LogP) is 3.43. The van der Waals surface area contributed by atoms with Gasteiger partial charge in [0.15, 0.2) is 11.5 Å². The van der Waals surface area contributed by atoms with E-state index in [-0.39, 0.29) is 12.7 Å². The average molecular weight is 362 g/mol. The molecule has 1 amide bonds. The van der Waals surface area contributed by atoms with Crippen molar-refractivity contribution in [2.45, 2.75) is 19.4 Å². The maximum Gasteiger partial charge on any atom is 0.231 e. The predicted molar refractivity (Wildman–Crippen MR) is 86.9 cm³/mol. The summed E-state index contributed by atoms with van der Waals surface area (Å²) in [7, 11) is 0. The molecule has 0 bridgehead atoms. The first-order valence-corrected chi connectivity index (χ1v) is 7.90. The third-order valence-corrected chi connectivity index (χ3v) is 3.95. The summed E-state index contributed by atoms with van der Waals surface area (Å²) < 4.78 is 11.6. The quantitative estimate of drug-likeness (QED) is 0.887. The Morgan fingerprint density at radius 2 is 1.95 bits per heavy atom. The van der Waals surface area contributed by atoms with Crippen molar-refractivity contribution >= 4 is 21.8 Å². The number of hydrogen-bond acceptors (Lipinski definition) is 3. The first-order chi connectivity index (χ1) is 10.7. The monoisotopic (exact) mass is 361 g/mol. The molecule has 0 aromatic heterocycles. The summed E-state index contributed by atoms with van der Waals surface area (Å²) in [5.41, 5.74) is 2.15. The summed E-state index contributed by atoms with van der Waals surface area (Å²) in [4.78, 5) is 11.9. The van der Waals surface area contributed by atoms with Gasteiger partial charge < -0.3 is 14.8 Å². The number of hydrogen-bond donors (Lipinski definition) is 1. The lowest BCUT2D eigenvalue weighted by Gasteiger charge is -2.07. The maximum atomic E-state index is 11.9. The summed E-state index contributed by atoms with van der Waals surface area (Å²) in [6.07, 6.45) is 1.20. The molecule has 3 rings (SSSR count). The van der Waals surface area contributed by atoms with Gasteiger partial charge in [0.25, 0.3) is 0 Å². The summed E-state index contributed by atoms with van der Waals surface area (Å²) >= 11 is 3.43. The van der Waals surface area contributed by atoms with E-state index < -0.39 is 0 Å². The molecule has 5 heteroatoms. The van der Waals surface area contributed by atoms with Gasteiger partial charge in [-0.3, -0.25) is 4.79 Å². The smallest absolute Gasteiger partial charge is 0.231 e. The first kappa shape index (κ1) is 14.9. The van der Waals surface area contributed by atoms with Crippen molar-refractivity contribution in [2.24, 2.45) is 0 Å². The summed E-state index contributed by atoms with van der Waals surface area (Å²) in [5, 5.41) is 2.93. The third-order valence-electron chi connectivity index (χ3n) is 3.46. The van der Waals surface area contributed by atoms with E-state index in [9.17, 15) is 4.79 Å². The van der Waals surface area contributed by atoms with Gasteiger partial charge >= 0.3 is 0 Å². The molecule has 0 aliphatic carbocycles. The van der Waals surface area contributed by atoms with Crippen LogP contribution in [-0.4, -0.2) is 12.7 Å². The second-order valence-corrected chi connectivity index (χ2v) is 6.01. The molecule has 22 heavy (non-hydrogen) atoms. The van der Waals surface area contributed by atoms with Crippen LogP contribution in [0, 0.1) is 0 Å². The van der Waals surface area contributed by atoms with E-state index in [4.69, 9.17) is 9.47 Å². The number of fused-ring (bicyclic) bond motifs is 1. The van der Waals surface area contributed by atoms with Crippen LogP contribution in [0.25, 0.3) is 0 Å². The highest BCUT2D eigenvalue weighted by atomic mass is 79.9. The summed E-state index contributed by atoms with van der Waals surface area (Å²) in [6, 6.07) is 13.7. The van der Waals surface area contributed by atoms with E-state index in [0.29, 0.717) is 13.0 Å². The largest absolute Gasteiger partial charge is 0.454 e. The van der Waals surface area contributed by atoms with Crippen molar-refractivity contribution in [3.63, 3.8) is 0 Å². The molecule has 2 aromatic rings. The van der Waals surface area contributed by atoms with Gasteiger partial charge in [0.2, 0.25) is 12.7 Å². The van der Waals surface area contributed by atoms with Crippen molar-refractivity contribution in [1.29, 1.82) is 0 Å². The minimum Gasteiger partial charge on any atom is -0.454 e. The van der Waals surface area contributed by atoms with Crippen LogP contribution >= 0.6 is 15.9 Å². The molecule has 1 aliphatic rings. The Labute approximate surface area is 137 Å². The second-order valence-electron chi connectivity index (χ2n) is 5.09. The van der Waals surface area contributed by atoms with Gasteiger partial charge in [0, 0.05) is 17.4 Å². The first-order valence-electron chi connectivity index (χ1n) is 7.10. The Kier molecular flexibility index (Phi) is 4.63. The van der Waals surface area contributed by atoms with Crippen LogP contribution in [0.1, 0.15) is 17.5 Å². The molecule has 114 valence electrons. The number of rotatable bonds is 5. The lowest BCUT2D eigenvalue weighted by molar-refractivity contribution is -0.121. The van der Waals surface area contributed by atoms with E-state index in [2.05, 4.69) is 21.2 Å². The molecule has 0 radical (unpaired) electrons. The molecule has 1 N–H and O–H groups in total. The van der Waals surface area contributed by atoms with Crippen LogP contribution < -0.4 is 14.8 Å². The molecular weight excluding hydrogens is 346 g/mol. The van der Waals surface area contributed by atoms with Gasteiger partial charge in [-0.15, -0.1) is 0 Å². The summed E-state index contributed by atoms with van der Waals surface area (Å²) in [6.45, 7) is 0.756. The van der Waals surface area contributed by atoms with Crippen molar-refractivity contribution in [3.05, 3.63) is 58.1 Å². The maximum absolute atomic E-state index is 11.9. The van der Waals surface area contributed by atoms with Crippen molar-refractivity contribution in [3.8, 4) is 11.5 Å². The topological polar surface area (TPSA) is 47.6 Å². The zero-order valence-corrected chi connectivity index (χ0v) is 13.6. The lowest BCUT2D eigenvalue weighted by atomic mass is 10.1. The minimum absolute atomic E-state index is 0.0395. The van der Waals surface area contributed by atoms with E-state index in [0.717, 1.165) is 33.5 Å². The molecule has 0 saturated heterocycles. The highest BCUT2D eigenvalue weighted by molar-refractivity contribution is 9.10. The number of amides is 1. The van der Waals surface area contributed by atoms with E-state index in [1.54, 1.807) is 0 Å². The average Bonchev–Trinajstić information content (AvgIpc) is 2.98. The molecular formula is C17H16BrNO3. The highest BCUT2D eigenvalue weighted by Gasteiger charge is 2.13. The van der Waals surface area contributed by atoms with Crippen LogP contribution in [0.5, 0.6) is 11.5 Å². The van der Waals surface area contributed by atoms with E-state index >= 15 is 0 Å². The van der Waals surface area contributed by atoms with Gasteiger partial charge in [-0.05, 0) is 41.8 Å². The van der Waals surface area contributed by atoms with Gasteiger partial charge in [-0.25, -0.2) is 0 Å². The minimum atomic E-state index is 0.0395. The number of nitrogens with one attached hydrogen (secondary N) is 1. The Balaban J connectivity index is 1.48. The Hall–Kier alpha value is -2.01.